The number of cyclic esters (lactones) is 1. The van der Waals surface area contributed by atoms with Gasteiger partial charge in [0.25, 0.3) is 0 Å². The van der Waals surface area contributed by atoms with Crippen LogP contribution in [0.4, 0.5) is 4.79 Å². The molecule has 10 heteroatoms. The third kappa shape index (κ3) is 10.7. The van der Waals surface area contributed by atoms with Crippen LogP contribution in [0.2, 0.25) is 0 Å². The summed E-state index contributed by atoms with van der Waals surface area (Å²) in [5, 5.41) is 15.0. The van der Waals surface area contributed by atoms with Crippen molar-refractivity contribution in [3.05, 3.63) is 83.9 Å². The lowest BCUT2D eigenvalue weighted by atomic mass is 9.96. The van der Waals surface area contributed by atoms with Crippen LogP contribution in [0, 0.1) is 5.92 Å². The molecule has 0 aromatic heterocycles. The first-order chi connectivity index (χ1) is 19.7. The highest BCUT2D eigenvalue weighted by Gasteiger charge is 2.31. The van der Waals surface area contributed by atoms with E-state index in [9.17, 15) is 24.3 Å². The molecule has 0 saturated carbocycles. The van der Waals surface area contributed by atoms with Gasteiger partial charge in [-0.2, -0.15) is 0 Å². The topological polar surface area (TPSA) is 134 Å². The minimum atomic E-state index is -0.994. The minimum Gasteiger partial charge on any atom is -0.462 e. The van der Waals surface area contributed by atoms with E-state index in [2.05, 4.69) is 10.6 Å². The van der Waals surface area contributed by atoms with Crippen LogP contribution < -0.4 is 10.6 Å². The van der Waals surface area contributed by atoms with Crippen LogP contribution in [0.1, 0.15) is 44.2 Å². The lowest BCUT2D eigenvalue weighted by Crippen LogP contribution is -2.51. The normalized spacial score (nSPS) is 19.1. The van der Waals surface area contributed by atoms with E-state index < -0.39 is 29.6 Å². The largest absolute Gasteiger partial charge is 0.462 e. The molecule has 3 rings (SSSR count). The third-order valence-electron chi connectivity index (χ3n) is 6.52. The monoisotopic (exact) mass is 565 g/mol. The van der Waals surface area contributed by atoms with Gasteiger partial charge in [0.05, 0.1) is 18.1 Å². The molecule has 41 heavy (non-hydrogen) atoms. The van der Waals surface area contributed by atoms with Crippen molar-refractivity contribution in [3.63, 3.8) is 0 Å². The van der Waals surface area contributed by atoms with Gasteiger partial charge in [-0.1, -0.05) is 72.8 Å². The lowest BCUT2D eigenvalue weighted by Gasteiger charge is -2.30. The smallest absolute Gasteiger partial charge is 0.408 e. The zero-order chi connectivity index (χ0) is 29.7. The quantitative estimate of drug-likeness (QED) is 0.314. The number of esters is 1. The summed E-state index contributed by atoms with van der Waals surface area (Å²) in [7, 11) is 0. The second-order valence-electron chi connectivity index (χ2n) is 10.6. The highest BCUT2D eigenvalue weighted by molar-refractivity contribution is 5.86. The Hall–Kier alpha value is -4.18. The Morgan fingerprint density at radius 2 is 1.66 bits per heavy atom. The van der Waals surface area contributed by atoms with E-state index in [0.29, 0.717) is 6.54 Å². The summed E-state index contributed by atoms with van der Waals surface area (Å²) < 4.78 is 10.7. The van der Waals surface area contributed by atoms with E-state index in [4.69, 9.17) is 9.47 Å². The number of allylic oxidation sites excluding steroid dienone is 1. The maximum Gasteiger partial charge on any atom is 0.408 e. The highest BCUT2D eigenvalue weighted by Crippen LogP contribution is 2.18. The Kier molecular flexibility index (Phi) is 11.9. The molecule has 2 unspecified atom stereocenters. The highest BCUT2D eigenvalue weighted by atomic mass is 16.6. The number of nitrogens with one attached hydrogen (secondary N) is 2. The summed E-state index contributed by atoms with van der Waals surface area (Å²) in [6, 6.07) is 17.6. The number of ether oxygens (including phenoxy) is 2. The Morgan fingerprint density at radius 3 is 2.32 bits per heavy atom. The van der Waals surface area contributed by atoms with Gasteiger partial charge in [-0.05, 0) is 37.8 Å². The number of alkyl carbamates (subject to hydrolysis) is 1. The number of nitrogens with zero attached hydrogens (tertiary/aromatic N) is 1. The van der Waals surface area contributed by atoms with E-state index in [1.165, 1.54) is 4.90 Å². The van der Waals surface area contributed by atoms with Gasteiger partial charge < -0.3 is 30.1 Å². The van der Waals surface area contributed by atoms with Crippen LogP contribution in [0.5, 0.6) is 0 Å². The first-order valence-corrected chi connectivity index (χ1v) is 13.7. The van der Waals surface area contributed by atoms with Gasteiger partial charge in [-0.25, -0.2) is 9.59 Å². The van der Waals surface area contributed by atoms with Crippen molar-refractivity contribution in [2.24, 2.45) is 5.92 Å². The molecule has 0 fully saturated rings. The molecule has 3 N–H and O–H groups in total. The van der Waals surface area contributed by atoms with E-state index >= 15 is 0 Å². The number of hydrogen-bond acceptors (Lipinski definition) is 7. The SMILES string of the molecule is CC1(C)COC(=O)C(NC(=O)OCc2ccccc2)CC=CCC(CC(=O)N(CCO)Cc2ccccc2)C(=O)N1. The second kappa shape index (κ2) is 15.6. The molecule has 10 nitrogen and oxygen atoms in total. The molecule has 3 amide bonds. The molecule has 2 aromatic carbocycles. The van der Waals surface area contributed by atoms with Crippen molar-refractivity contribution in [1.29, 1.82) is 0 Å². The molecule has 2 aromatic rings. The van der Waals surface area contributed by atoms with Gasteiger partial charge in [0, 0.05) is 19.5 Å². The fourth-order valence-electron chi connectivity index (χ4n) is 4.28. The van der Waals surface area contributed by atoms with Crippen molar-refractivity contribution in [1.82, 2.24) is 15.5 Å². The van der Waals surface area contributed by atoms with E-state index in [0.717, 1.165) is 11.1 Å². The van der Waals surface area contributed by atoms with Crippen molar-refractivity contribution in [2.75, 3.05) is 19.8 Å². The number of benzene rings is 2. The predicted molar refractivity (Wildman–Crippen MR) is 152 cm³/mol. The molecule has 1 aliphatic heterocycles. The van der Waals surface area contributed by atoms with Gasteiger partial charge in [0.15, 0.2) is 0 Å². The van der Waals surface area contributed by atoms with Crippen molar-refractivity contribution in [3.8, 4) is 0 Å². The van der Waals surface area contributed by atoms with Gasteiger partial charge in [0.1, 0.15) is 19.3 Å². The molecular formula is C31H39N3O7. The summed E-state index contributed by atoms with van der Waals surface area (Å²) >= 11 is 0. The number of rotatable bonds is 9. The van der Waals surface area contributed by atoms with Crippen molar-refractivity contribution >= 4 is 23.9 Å². The van der Waals surface area contributed by atoms with Gasteiger partial charge in [-0.15, -0.1) is 0 Å². The number of aliphatic hydroxyl groups excluding tert-OH is 1. The zero-order valence-electron chi connectivity index (χ0n) is 23.6. The first kappa shape index (κ1) is 31.3. The Bertz CT molecular complexity index is 1180. The number of carbonyl (C=O) groups excluding carboxylic acids is 4. The standard InChI is InChI=1S/C31H39N3O7/c1-31(2)22-41-29(38)26(32-30(39)40-21-24-13-7-4-8-14-24)16-10-9-15-25(28(37)33-31)19-27(36)34(17-18-35)20-23-11-5-3-6-12-23/h3-14,25-26,35H,15-22H2,1-2H3,(H,32,39)(H,33,37). The molecule has 2 atom stereocenters. The third-order valence-corrected chi connectivity index (χ3v) is 6.52. The molecule has 0 radical (unpaired) electrons. The lowest BCUT2D eigenvalue weighted by molar-refractivity contribution is -0.149. The Labute approximate surface area is 240 Å². The van der Waals surface area contributed by atoms with Crippen LogP contribution >= 0.6 is 0 Å². The van der Waals surface area contributed by atoms with Crippen molar-refractivity contribution in [2.45, 2.75) is 57.8 Å². The van der Waals surface area contributed by atoms with E-state index in [1.807, 2.05) is 60.7 Å². The molecule has 1 aliphatic rings. The molecule has 0 spiro atoms. The number of carbonyl (C=O) groups is 4. The van der Waals surface area contributed by atoms with Crippen LogP contribution in [0.25, 0.3) is 0 Å². The number of aliphatic hydroxyl groups is 1. The van der Waals surface area contributed by atoms with Crippen LogP contribution in [0.3, 0.4) is 0 Å². The summed E-state index contributed by atoms with van der Waals surface area (Å²) in [5.74, 6) is -1.94. The molecular weight excluding hydrogens is 526 g/mol. The summed E-state index contributed by atoms with van der Waals surface area (Å²) in [6.45, 7) is 3.61. The van der Waals surface area contributed by atoms with Gasteiger partial charge in [0.2, 0.25) is 11.8 Å². The minimum absolute atomic E-state index is 0.0522. The van der Waals surface area contributed by atoms with Crippen molar-refractivity contribution < 1.29 is 33.8 Å². The van der Waals surface area contributed by atoms with Gasteiger partial charge in [-0.3, -0.25) is 9.59 Å². The maximum absolute atomic E-state index is 13.2. The second-order valence-corrected chi connectivity index (χ2v) is 10.6. The predicted octanol–water partition coefficient (Wildman–Crippen LogP) is 3.10. The fraction of sp³-hybridized carbons (Fsp3) is 0.419. The Morgan fingerprint density at radius 1 is 1.02 bits per heavy atom. The fourth-order valence-corrected chi connectivity index (χ4v) is 4.28. The van der Waals surface area contributed by atoms with E-state index in [1.54, 1.807) is 26.0 Å². The molecule has 0 saturated heterocycles. The summed E-state index contributed by atoms with van der Waals surface area (Å²) in [4.78, 5) is 53.2. The van der Waals surface area contributed by atoms with Gasteiger partial charge >= 0.3 is 12.1 Å². The number of amides is 3. The average molecular weight is 566 g/mol. The van der Waals surface area contributed by atoms with E-state index in [-0.39, 0.29) is 57.4 Å². The van der Waals surface area contributed by atoms with Crippen LogP contribution in [0.15, 0.2) is 72.8 Å². The zero-order valence-corrected chi connectivity index (χ0v) is 23.6. The maximum atomic E-state index is 13.2. The Balaban J connectivity index is 1.68. The number of hydrogen-bond donors (Lipinski definition) is 3. The summed E-state index contributed by atoms with van der Waals surface area (Å²) in [6.07, 6.45) is 2.94. The van der Waals surface area contributed by atoms with Crippen LogP contribution in [-0.4, -0.2) is 65.2 Å². The van der Waals surface area contributed by atoms with Crippen LogP contribution in [-0.2, 0) is 37.0 Å². The summed E-state index contributed by atoms with van der Waals surface area (Å²) in [5.41, 5.74) is 0.800. The molecule has 1 heterocycles. The molecule has 0 bridgehead atoms. The molecule has 0 aliphatic carbocycles. The molecule has 220 valence electrons. The average Bonchev–Trinajstić information content (AvgIpc) is 2.95. The first-order valence-electron chi connectivity index (χ1n) is 13.7.